The summed E-state index contributed by atoms with van der Waals surface area (Å²) in [5.74, 6) is 1.92. The molecule has 23 heavy (non-hydrogen) atoms. The predicted molar refractivity (Wildman–Crippen MR) is 87.4 cm³/mol. The summed E-state index contributed by atoms with van der Waals surface area (Å²) in [5, 5.41) is 3.98. The molecule has 1 aliphatic rings. The van der Waals surface area contributed by atoms with Crippen molar-refractivity contribution >= 4 is 5.91 Å². The van der Waals surface area contributed by atoms with Gasteiger partial charge in [-0.1, -0.05) is 61.2 Å². The Morgan fingerprint density at radius 1 is 1.26 bits per heavy atom. The number of amides is 1. The molecule has 122 valence electrons. The Kier molecular flexibility index (Phi) is 5.05. The van der Waals surface area contributed by atoms with Crippen molar-refractivity contribution in [2.75, 3.05) is 7.05 Å². The SMILES string of the molecule is CN(Cc1nc(-c2ccccc2)no1)C(=O)CCC1CCCC1. The molecule has 0 saturated heterocycles. The van der Waals surface area contributed by atoms with Crippen LogP contribution in [0.4, 0.5) is 0 Å². The standard InChI is InChI=1S/C18H23N3O2/c1-21(17(22)12-11-14-7-5-6-8-14)13-16-19-18(20-23-16)15-9-3-2-4-10-15/h2-4,9-10,14H,5-8,11-13H2,1H3. The second-order valence-electron chi connectivity index (χ2n) is 6.32. The van der Waals surface area contributed by atoms with Crippen LogP contribution in [0.1, 0.15) is 44.4 Å². The lowest BCUT2D eigenvalue weighted by atomic mass is 10.0. The minimum Gasteiger partial charge on any atom is -0.337 e. The third-order valence-electron chi connectivity index (χ3n) is 4.54. The molecule has 1 fully saturated rings. The van der Waals surface area contributed by atoms with Crippen LogP contribution in [0.25, 0.3) is 11.4 Å². The first-order valence-electron chi connectivity index (χ1n) is 8.34. The third-order valence-corrected chi connectivity index (χ3v) is 4.54. The van der Waals surface area contributed by atoms with Gasteiger partial charge in [-0.05, 0) is 12.3 Å². The minimum absolute atomic E-state index is 0.149. The van der Waals surface area contributed by atoms with Crippen LogP contribution in [-0.2, 0) is 11.3 Å². The molecule has 0 bridgehead atoms. The van der Waals surface area contributed by atoms with E-state index in [1.165, 1.54) is 25.7 Å². The fraction of sp³-hybridized carbons (Fsp3) is 0.500. The topological polar surface area (TPSA) is 59.2 Å². The Hall–Kier alpha value is -2.17. The zero-order valence-electron chi connectivity index (χ0n) is 13.6. The molecule has 0 aliphatic heterocycles. The number of hydrogen-bond donors (Lipinski definition) is 0. The summed E-state index contributed by atoms with van der Waals surface area (Å²) in [6, 6.07) is 9.69. The number of aromatic nitrogens is 2. The molecule has 1 amide bonds. The highest BCUT2D eigenvalue weighted by atomic mass is 16.5. The van der Waals surface area contributed by atoms with Crippen LogP contribution < -0.4 is 0 Å². The molecule has 0 radical (unpaired) electrons. The second kappa shape index (κ2) is 7.40. The van der Waals surface area contributed by atoms with Gasteiger partial charge in [0.15, 0.2) is 0 Å². The summed E-state index contributed by atoms with van der Waals surface area (Å²) < 4.78 is 5.26. The average molecular weight is 313 g/mol. The highest BCUT2D eigenvalue weighted by Crippen LogP contribution is 2.28. The van der Waals surface area contributed by atoms with E-state index in [4.69, 9.17) is 4.52 Å². The first kappa shape index (κ1) is 15.7. The van der Waals surface area contributed by atoms with Gasteiger partial charge in [-0.25, -0.2) is 0 Å². The smallest absolute Gasteiger partial charge is 0.246 e. The molecule has 5 heteroatoms. The summed E-state index contributed by atoms with van der Waals surface area (Å²) in [5.41, 5.74) is 0.915. The molecule has 1 aliphatic carbocycles. The van der Waals surface area contributed by atoms with Crippen molar-refractivity contribution in [2.45, 2.75) is 45.1 Å². The van der Waals surface area contributed by atoms with Crippen molar-refractivity contribution in [3.05, 3.63) is 36.2 Å². The fourth-order valence-electron chi connectivity index (χ4n) is 3.13. The van der Waals surface area contributed by atoms with Gasteiger partial charge in [-0.3, -0.25) is 4.79 Å². The van der Waals surface area contributed by atoms with E-state index in [0.717, 1.165) is 17.9 Å². The van der Waals surface area contributed by atoms with Crippen LogP contribution in [0.3, 0.4) is 0 Å². The van der Waals surface area contributed by atoms with Crippen LogP contribution in [0.5, 0.6) is 0 Å². The molecule has 1 saturated carbocycles. The molecule has 1 aromatic heterocycles. The van der Waals surface area contributed by atoms with E-state index in [9.17, 15) is 4.79 Å². The van der Waals surface area contributed by atoms with E-state index in [0.29, 0.717) is 24.7 Å². The van der Waals surface area contributed by atoms with Crippen LogP contribution in [0, 0.1) is 5.92 Å². The number of carbonyl (C=O) groups is 1. The number of nitrogens with zero attached hydrogens (tertiary/aromatic N) is 3. The largest absolute Gasteiger partial charge is 0.337 e. The molecule has 0 atom stereocenters. The summed E-state index contributed by atoms with van der Waals surface area (Å²) in [6.07, 6.45) is 6.81. The zero-order valence-corrected chi connectivity index (χ0v) is 13.6. The van der Waals surface area contributed by atoms with E-state index < -0.39 is 0 Å². The minimum atomic E-state index is 0.149. The Morgan fingerprint density at radius 2 is 2.00 bits per heavy atom. The number of carbonyl (C=O) groups excluding carboxylic acids is 1. The first-order valence-corrected chi connectivity index (χ1v) is 8.34. The maximum Gasteiger partial charge on any atom is 0.246 e. The van der Waals surface area contributed by atoms with Crippen molar-refractivity contribution in [3.63, 3.8) is 0 Å². The monoisotopic (exact) mass is 313 g/mol. The highest BCUT2D eigenvalue weighted by Gasteiger charge is 2.19. The van der Waals surface area contributed by atoms with Gasteiger partial charge in [0.25, 0.3) is 0 Å². The van der Waals surface area contributed by atoms with Crippen molar-refractivity contribution in [3.8, 4) is 11.4 Å². The molecule has 5 nitrogen and oxygen atoms in total. The summed E-state index contributed by atoms with van der Waals surface area (Å²) in [4.78, 5) is 18.3. The summed E-state index contributed by atoms with van der Waals surface area (Å²) in [6.45, 7) is 0.364. The maximum atomic E-state index is 12.2. The van der Waals surface area contributed by atoms with Gasteiger partial charge in [0, 0.05) is 19.0 Å². The molecule has 3 rings (SSSR count). The third kappa shape index (κ3) is 4.18. The second-order valence-corrected chi connectivity index (χ2v) is 6.32. The van der Waals surface area contributed by atoms with Gasteiger partial charge in [0.1, 0.15) is 0 Å². The Bertz CT molecular complexity index is 633. The van der Waals surface area contributed by atoms with Crippen LogP contribution in [0.2, 0.25) is 0 Å². The van der Waals surface area contributed by atoms with E-state index in [2.05, 4.69) is 10.1 Å². The Labute approximate surface area is 136 Å². The molecule has 0 N–H and O–H groups in total. The normalized spacial score (nSPS) is 15.0. The Balaban J connectivity index is 1.52. The summed E-state index contributed by atoms with van der Waals surface area (Å²) >= 11 is 0. The lowest BCUT2D eigenvalue weighted by molar-refractivity contribution is -0.131. The number of rotatable bonds is 6. The number of benzene rings is 1. The molecule has 1 aromatic carbocycles. The first-order chi connectivity index (χ1) is 11.2. The van der Waals surface area contributed by atoms with Crippen molar-refractivity contribution in [2.24, 2.45) is 5.92 Å². The van der Waals surface area contributed by atoms with Gasteiger partial charge in [-0.15, -0.1) is 0 Å². The van der Waals surface area contributed by atoms with Gasteiger partial charge in [0.05, 0.1) is 6.54 Å². The lowest BCUT2D eigenvalue weighted by Gasteiger charge is -2.16. The van der Waals surface area contributed by atoms with Crippen molar-refractivity contribution in [1.82, 2.24) is 15.0 Å². The van der Waals surface area contributed by atoms with E-state index in [1.807, 2.05) is 30.3 Å². The predicted octanol–water partition coefficient (Wildman–Crippen LogP) is 3.67. The molecular weight excluding hydrogens is 290 g/mol. The zero-order chi connectivity index (χ0) is 16.1. The van der Waals surface area contributed by atoms with Gasteiger partial charge in [0.2, 0.25) is 17.6 Å². The summed E-state index contributed by atoms with van der Waals surface area (Å²) in [7, 11) is 1.80. The average Bonchev–Trinajstić information content (AvgIpc) is 3.25. The van der Waals surface area contributed by atoms with E-state index in [1.54, 1.807) is 11.9 Å². The van der Waals surface area contributed by atoms with Gasteiger partial charge < -0.3 is 9.42 Å². The van der Waals surface area contributed by atoms with Gasteiger partial charge in [-0.2, -0.15) is 4.98 Å². The lowest BCUT2D eigenvalue weighted by Crippen LogP contribution is -2.26. The fourth-order valence-corrected chi connectivity index (χ4v) is 3.13. The van der Waals surface area contributed by atoms with Crippen LogP contribution in [-0.4, -0.2) is 28.0 Å². The molecular formula is C18H23N3O2. The van der Waals surface area contributed by atoms with Crippen LogP contribution in [0.15, 0.2) is 34.9 Å². The molecule has 1 heterocycles. The molecule has 2 aromatic rings. The van der Waals surface area contributed by atoms with Gasteiger partial charge >= 0.3 is 0 Å². The Morgan fingerprint density at radius 3 is 2.74 bits per heavy atom. The maximum absolute atomic E-state index is 12.2. The van der Waals surface area contributed by atoms with Crippen molar-refractivity contribution in [1.29, 1.82) is 0 Å². The molecule has 0 unspecified atom stereocenters. The van der Waals surface area contributed by atoms with E-state index >= 15 is 0 Å². The van der Waals surface area contributed by atoms with E-state index in [-0.39, 0.29) is 5.91 Å². The number of hydrogen-bond acceptors (Lipinski definition) is 4. The quantitative estimate of drug-likeness (QED) is 0.816. The molecule has 0 spiro atoms. The highest BCUT2D eigenvalue weighted by molar-refractivity contribution is 5.75. The van der Waals surface area contributed by atoms with Crippen LogP contribution >= 0.6 is 0 Å². The van der Waals surface area contributed by atoms with Crippen molar-refractivity contribution < 1.29 is 9.32 Å².